The Hall–Kier alpha value is -8.06. The van der Waals surface area contributed by atoms with Gasteiger partial charge in [-0.2, -0.15) is 0 Å². The van der Waals surface area contributed by atoms with Crippen LogP contribution in [0, 0.1) is 0 Å². The highest BCUT2D eigenvalue weighted by atomic mass is 14.0. The molecule has 0 bridgehead atoms. The molecular weight excluding hydrogens is 745 g/mol. The fourth-order valence-corrected chi connectivity index (χ4v) is 6.78. The van der Waals surface area contributed by atoms with Crippen molar-refractivity contribution in [2.24, 2.45) is 0 Å². The van der Waals surface area contributed by atoms with Gasteiger partial charge in [-0.3, -0.25) is 0 Å². The van der Waals surface area contributed by atoms with E-state index in [2.05, 4.69) is 279 Å². The van der Waals surface area contributed by atoms with Gasteiger partial charge in [0.05, 0.1) is 0 Å². The lowest BCUT2D eigenvalue weighted by atomic mass is 10.1. The zero-order valence-electron chi connectivity index (χ0n) is 34.7. The van der Waals surface area contributed by atoms with Crippen LogP contribution in [0.25, 0.3) is 85.1 Å². The third-order valence-corrected chi connectivity index (χ3v) is 10.5. The molecule has 0 radical (unpaired) electrons. The van der Waals surface area contributed by atoms with Gasteiger partial charge in [-0.05, 0) is 77.9 Å². The quantitative estimate of drug-likeness (QED) is 0.0962. The minimum Gasteiger partial charge on any atom is -0.0622 e. The van der Waals surface area contributed by atoms with Crippen LogP contribution in [0.5, 0.6) is 0 Å². The molecule has 0 heterocycles. The molecule has 0 amide bonds. The highest BCUT2D eigenvalue weighted by Crippen LogP contribution is 2.18. The number of rotatable bonds is 14. The minimum absolute atomic E-state index is 1.17. The van der Waals surface area contributed by atoms with E-state index in [-0.39, 0.29) is 0 Å². The zero-order chi connectivity index (χ0) is 42.0. The molecule has 0 N–H and O–H groups in total. The van der Waals surface area contributed by atoms with E-state index < -0.39 is 0 Å². The van der Waals surface area contributed by atoms with Crippen LogP contribution in [0.3, 0.4) is 0 Å². The molecule has 0 heteroatoms. The van der Waals surface area contributed by atoms with Gasteiger partial charge in [0.1, 0.15) is 0 Å². The van der Waals surface area contributed by atoms with Gasteiger partial charge in [0, 0.05) is 0 Å². The topological polar surface area (TPSA) is 0 Å². The Labute approximate surface area is 367 Å². The highest BCUT2D eigenvalue weighted by molar-refractivity contribution is 5.78. The molecule has 0 saturated heterocycles. The Balaban J connectivity index is 0.772. The maximum atomic E-state index is 2.16. The summed E-state index contributed by atoms with van der Waals surface area (Å²) in [5, 5.41) is 0. The van der Waals surface area contributed by atoms with Crippen LogP contribution in [-0.4, -0.2) is 0 Å². The van der Waals surface area contributed by atoms with Crippen molar-refractivity contribution < 1.29 is 0 Å². The summed E-state index contributed by atoms with van der Waals surface area (Å²) in [6.45, 7) is 0. The summed E-state index contributed by atoms with van der Waals surface area (Å²) in [6, 6.07) is 72.6. The maximum Gasteiger partial charge on any atom is -0.0256 e. The third kappa shape index (κ3) is 12.7. The van der Waals surface area contributed by atoms with Crippen molar-refractivity contribution in [3.63, 3.8) is 0 Å². The molecule has 0 aliphatic carbocycles. The monoisotopic (exact) mass is 792 g/mol. The van der Waals surface area contributed by atoms with Crippen LogP contribution in [-0.2, 0) is 0 Å². The lowest BCUT2D eigenvalue weighted by Gasteiger charge is -2.00. The van der Waals surface area contributed by atoms with Crippen molar-refractivity contribution >= 4 is 85.1 Å². The van der Waals surface area contributed by atoms with Gasteiger partial charge in [-0.25, -0.2) is 0 Å². The largest absolute Gasteiger partial charge is 0.0622 e. The van der Waals surface area contributed by atoms with Gasteiger partial charge in [-0.15, -0.1) is 0 Å². The Bertz CT molecular complexity index is 2620. The van der Waals surface area contributed by atoms with E-state index in [0.717, 1.165) is 0 Å². The minimum atomic E-state index is 1.17. The SMILES string of the molecule is C(=C\c1ccc(/C=C/c2ccc(/C=C/c3ccc(/C=C/c4ccc(/C=C/c5ccc(/C=C/c6ccc(/C=C/c7ccccc7)cc6)cc5)cc4)cc3)cc2)cc1)/c1ccccc1. The van der Waals surface area contributed by atoms with E-state index in [9.17, 15) is 0 Å². The Morgan fingerprint density at radius 3 is 0.323 bits per heavy atom. The van der Waals surface area contributed by atoms with Crippen molar-refractivity contribution in [3.8, 4) is 0 Å². The molecule has 0 fully saturated rings. The summed E-state index contributed by atoms with van der Waals surface area (Å²) >= 11 is 0. The summed E-state index contributed by atoms with van der Waals surface area (Å²) < 4.78 is 0. The third-order valence-electron chi connectivity index (χ3n) is 10.5. The second kappa shape index (κ2) is 21.3. The molecule has 296 valence electrons. The van der Waals surface area contributed by atoms with Crippen LogP contribution >= 0.6 is 0 Å². The van der Waals surface area contributed by atoms with Gasteiger partial charge in [-0.1, -0.05) is 291 Å². The molecule has 8 aromatic rings. The highest BCUT2D eigenvalue weighted by Gasteiger charge is 1.96. The van der Waals surface area contributed by atoms with Gasteiger partial charge >= 0.3 is 0 Å². The van der Waals surface area contributed by atoms with Crippen LogP contribution in [0.1, 0.15) is 77.9 Å². The van der Waals surface area contributed by atoms with E-state index in [1.54, 1.807) is 0 Å². The van der Waals surface area contributed by atoms with E-state index >= 15 is 0 Å². The van der Waals surface area contributed by atoms with Crippen LogP contribution in [0.15, 0.2) is 206 Å². The second-order valence-corrected chi connectivity index (χ2v) is 15.2. The van der Waals surface area contributed by atoms with Gasteiger partial charge in [0.25, 0.3) is 0 Å². The smallest absolute Gasteiger partial charge is 0.0256 e. The predicted octanol–water partition coefficient (Wildman–Crippen LogP) is 16.9. The summed E-state index contributed by atoms with van der Waals surface area (Å²) in [5.41, 5.74) is 16.5. The normalized spacial score (nSPS) is 12.1. The van der Waals surface area contributed by atoms with Crippen molar-refractivity contribution in [1.29, 1.82) is 0 Å². The zero-order valence-corrected chi connectivity index (χ0v) is 34.7. The lowest BCUT2D eigenvalue weighted by Crippen LogP contribution is -1.78. The first-order valence-corrected chi connectivity index (χ1v) is 21.1. The number of benzene rings is 8. The van der Waals surface area contributed by atoms with Crippen molar-refractivity contribution in [2.75, 3.05) is 0 Å². The Morgan fingerprint density at radius 2 is 0.210 bits per heavy atom. The molecule has 0 atom stereocenters. The molecule has 0 aliphatic rings. The molecule has 0 spiro atoms. The average Bonchev–Trinajstić information content (AvgIpc) is 3.34. The molecule has 0 unspecified atom stereocenters. The summed E-state index contributed by atoms with van der Waals surface area (Å²) in [4.78, 5) is 0. The fraction of sp³-hybridized carbons (Fsp3) is 0. The van der Waals surface area contributed by atoms with E-state index in [4.69, 9.17) is 0 Å². The molecule has 8 rings (SSSR count). The first-order chi connectivity index (χ1) is 30.6. The van der Waals surface area contributed by atoms with Crippen LogP contribution in [0.4, 0.5) is 0 Å². The fourth-order valence-electron chi connectivity index (χ4n) is 6.78. The Morgan fingerprint density at radius 1 is 0.113 bits per heavy atom. The van der Waals surface area contributed by atoms with E-state index in [1.807, 2.05) is 12.1 Å². The van der Waals surface area contributed by atoms with Crippen molar-refractivity contribution in [3.05, 3.63) is 284 Å². The van der Waals surface area contributed by atoms with Crippen molar-refractivity contribution in [1.82, 2.24) is 0 Å². The van der Waals surface area contributed by atoms with E-state index in [0.29, 0.717) is 0 Å². The molecule has 62 heavy (non-hydrogen) atoms. The maximum absolute atomic E-state index is 2.16. The van der Waals surface area contributed by atoms with Gasteiger partial charge < -0.3 is 0 Å². The predicted molar refractivity (Wildman–Crippen MR) is 274 cm³/mol. The second-order valence-electron chi connectivity index (χ2n) is 15.2. The molecule has 8 aromatic carbocycles. The number of hydrogen-bond donors (Lipinski definition) is 0. The molecule has 0 aromatic heterocycles. The van der Waals surface area contributed by atoms with Gasteiger partial charge in [0.15, 0.2) is 0 Å². The molecular formula is C62H48. The molecule has 0 saturated carbocycles. The Kier molecular flexibility index (Phi) is 14.0. The summed E-state index contributed by atoms with van der Waals surface area (Å²) in [7, 11) is 0. The van der Waals surface area contributed by atoms with Crippen LogP contribution < -0.4 is 0 Å². The van der Waals surface area contributed by atoms with Crippen LogP contribution in [0.2, 0.25) is 0 Å². The first-order valence-electron chi connectivity index (χ1n) is 21.1. The van der Waals surface area contributed by atoms with E-state index in [1.165, 1.54) is 77.9 Å². The first kappa shape index (κ1) is 40.7. The molecule has 0 nitrogen and oxygen atoms in total. The van der Waals surface area contributed by atoms with Crippen molar-refractivity contribution in [2.45, 2.75) is 0 Å². The lowest BCUT2D eigenvalue weighted by molar-refractivity contribution is 1.60. The standard InChI is InChI=1S/C62H48/c1-3-7-49(8-4-1)11-13-51-15-19-53(20-16-51)23-25-55-27-31-57(32-28-55)35-37-59-39-43-61(44-40-59)47-48-62-45-41-60(42-46-62)38-36-58-33-29-56(30-34-58)26-24-54-21-17-52(18-22-54)14-12-50-9-5-2-6-10-50/h1-48H/b13-11+,14-12+,25-23+,26-24+,37-35+,38-36+,48-47+. The average molecular weight is 793 g/mol. The number of hydrogen-bond acceptors (Lipinski definition) is 0. The molecule has 0 aliphatic heterocycles. The van der Waals surface area contributed by atoms with Gasteiger partial charge in [0.2, 0.25) is 0 Å². The summed E-state index contributed by atoms with van der Waals surface area (Å²) in [6.07, 6.45) is 30.2. The summed E-state index contributed by atoms with van der Waals surface area (Å²) in [5.74, 6) is 0.